The third kappa shape index (κ3) is 1.19. The Labute approximate surface area is 94.2 Å². The van der Waals surface area contributed by atoms with Crippen LogP contribution in [0.15, 0.2) is 64.9 Å². The molecule has 2 aromatic carbocycles. The Hall–Kier alpha value is -2.00. The van der Waals surface area contributed by atoms with Crippen molar-refractivity contribution in [2.75, 3.05) is 7.05 Å². The summed E-state index contributed by atoms with van der Waals surface area (Å²) in [6.45, 7) is 0. The molecule has 0 spiro atoms. The molecule has 16 heavy (non-hydrogen) atoms. The molecule has 0 saturated heterocycles. The second-order valence-electron chi connectivity index (χ2n) is 3.97. The van der Waals surface area contributed by atoms with E-state index in [1.165, 1.54) is 0 Å². The van der Waals surface area contributed by atoms with E-state index in [-0.39, 0.29) is 0 Å². The predicted octanol–water partition coefficient (Wildman–Crippen LogP) is 3.97. The molecule has 0 N–H and O–H groups in total. The molecule has 1 heterocycles. The number of rotatable bonds is 1. The summed E-state index contributed by atoms with van der Waals surface area (Å²) < 4.78 is 0.400. The molecule has 0 radical (unpaired) electrons. The van der Waals surface area contributed by atoms with E-state index in [1.54, 1.807) is 0 Å². The smallest absolute Gasteiger partial charge is 0.115 e. The number of hydrogen-bond donors (Lipinski definition) is 0. The Kier molecular flexibility index (Phi) is 1.88. The molecule has 78 valence electrons. The average molecular weight is 210 g/mol. The summed E-state index contributed by atoms with van der Waals surface area (Å²) in [4.78, 5) is 0. The van der Waals surface area contributed by atoms with Crippen molar-refractivity contribution < 1.29 is 0 Å². The van der Waals surface area contributed by atoms with Gasteiger partial charge in [-0.3, -0.25) is 0 Å². The quantitative estimate of drug-likeness (QED) is 0.636. The molecule has 1 unspecified atom stereocenters. The van der Waals surface area contributed by atoms with Gasteiger partial charge >= 0.3 is 0 Å². The van der Waals surface area contributed by atoms with E-state index in [4.69, 9.17) is 0 Å². The Bertz CT molecular complexity index is 548. The third-order valence-corrected chi connectivity index (χ3v) is 2.94. The minimum Gasteiger partial charge on any atom is -0.115 e. The SMILES string of the molecule is C[N+]1(c2ccccc2)N=Nc2ccccc21. The van der Waals surface area contributed by atoms with E-state index >= 15 is 0 Å². The molecule has 1 atom stereocenters. The fourth-order valence-electron chi connectivity index (χ4n) is 2.01. The van der Waals surface area contributed by atoms with Crippen LogP contribution in [0, 0.1) is 0 Å². The molecule has 1 aliphatic rings. The first-order valence-electron chi connectivity index (χ1n) is 5.26. The average Bonchev–Trinajstić information content (AvgIpc) is 2.71. The molecule has 0 aromatic heterocycles. The van der Waals surface area contributed by atoms with E-state index in [9.17, 15) is 0 Å². The van der Waals surface area contributed by atoms with Crippen LogP contribution in [0.3, 0.4) is 0 Å². The fourth-order valence-corrected chi connectivity index (χ4v) is 2.01. The van der Waals surface area contributed by atoms with Crippen LogP contribution in [-0.2, 0) is 0 Å². The van der Waals surface area contributed by atoms with E-state index in [0.29, 0.717) is 4.59 Å². The van der Waals surface area contributed by atoms with Gasteiger partial charge in [0.05, 0.1) is 0 Å². The van der Waals surface area contributed by atoms with Crippen LogP contribution < -0.4 is 4.59 Å². The number of hydrogen-bond acceptors (Lipinski definition) is 2. The summed E-state index contributed by atoms with van der Waals surface area (Å²) in [5.41, 5.74) is 3.19. The monoisotopic (exact) mass is 210 g/mol. The number of nitrogens with zero attached hydrogens (tertiary/aromatic N) is 3. The first-order valence-corrected chi connectivity index (χ1v) is 5.26. The fraction of sp³-hybridized carbons (Fsp3) is 0.0769. The summed E-state index contributed by atoms with van der Waals surface area (Å²) in [5, 5.41) is 8.59. The second kappa shape index (κ2) is 3.25. The molecular formula is C13H12N3+. The van der Waals surface area contributed by atoms with Crippen molar-refractivity contribution >= 4 is 17.1 Å². The Balaban J connectivity index is 2.19. The third-order valence-electron chi connectivity index (χ3n) is 2.94. The number of fused-ring (bicyclic) bond motifs is 1. The molecule has 3 nitrogen and oxygen atoms in total. The van der Waals surface area contributed by atoms with Gasteiger partial charge in [0.25, 0.3) is 0 Å². The maximum absolute atomic E-state index is 4.37. The van der Waals surface area contributed by atoms with Crippen molar-refractivity contribution in [3.63, 3.8) is 0 Å². The molecule has 1 aliphatic heterocycles. The number of para-hydroxylation sites is 2. The van der Waals surface area contributed by atoms with Crippen LogP contribution in [-0.4, -0.2) is 7.05 Å². The molecular weight excluding hydrogens is 198 g/mol. The van der Waals surface area contributed by atoms with E-state index < -0.39 is 0 Å². The van der Waals surface area contributed by atoms with Crippen LogP contribution >= 0.6 is 0 Å². The summed E-state index contributed by atoms with van der Waals surface area (Å²) in [6, 6.07) is 18.3. The number of benzene rings is 2. The van der Waals surface area contributed by atoms with Crippen molar-refractivity contribution in [3.05, 3.63) is 54.6 Å². The molecule has 0 bridgehead atoms. The minimum absolute atomic E-state index is 0.400. The Morgan fingerprint density at radius 3 is 2.38 bits per heavy atom. The van der Waals surface area contributed by atoms with E-state index in [0.717, 1.165) is 17.1 Å². The highest BCUT2D eigenvalue weighted by molar-refractivity contribution is 5.71. The zero-order valence-electron chi connectivity index (χ0n) is 9.04. The Morgan fingerprint density at radius 2 is 1.56 bits per heavy atom. The first-order chi connectivity index (χ1) is 7.81. The molecule has 0 saturated carbocycles. The predicted molar refractivity (Wildman–Crippen MR) is 64.8 cm³/mol. The molecule has 3 rings (SSSR count). The van der Waals surface area contributed by atoms with Gasteiger partial charge in [-0.05, 0) is 6.07 Å². The van der Waals surface area contributed by atoms with Gasteiger partial charge in [-0.1, -0.05) is 35.4 Å². The van der Waals surface area contributed by atoms with Crippen LogP contribution in [0.4, 0.5) is 17.1 Å². The van der Waals surface area contributed by atoms with Gasteiger partial charge in [-0.2, -0.15) is 0 Å². The van der Waals surface area contributed by atoms with Crippen molar-refractivity contribution in [3.8, 4) is 0 Å². The Morgan fingerprint density at radius 1 is 0.875 bits per heavy atom. The lowest BCUT2D eigenvalue weighted by molar-refractivity contribution is 0.479. The second-order valence-corrected chi connectivity index (χ2v) is 3.97. The van der Waals surface area contributed by atoms with Crippen molar-refractivity contribution in [2.45, 2.75) is 0 Å². The summed E-state index contributed by atoms with van der Waals surface area (Å²) in [6.07, 6.45) is 0. The minimum atomic E-state index is 0.400. The van der Waals surface area contributed by atoms with E-state index in [1.807, 2.05) is 43.4 Å². The highest BCUT2D eigenvalue weighted by Crippen LogP contribution is 2.44. The number of quaternary nitrogens is 1. The van der Waals surface area contributed by atoms with Gasteiger partial charge in [0.15, 0.2) is 17.1 Å². The van der Waals surface area contributed by atoms with Crippen LogP contribution in [0.1, 0.15) is 0 Å². The first kappa shape index (κ1) is 9.24. The molecule has 0 aliphatic carbocycles. The largest absolute Gasteiger partial charge is 0.193 e. The van der Waals surface area contributed by atoms with Gasteiger partial charge in [-0.25, -0.2) is 0 Å². The van der Waals surface area contributed by atoms with Crippen molar-refractivity contribution in [1.82, 2.24) is 4.59 Å². The topological polar surface area (TPSA) is 24.7 Å². The summed E-state index contributed by atoms with van der Waals surface area (Å²) >= 11 is 0. The van der Waals surface area contributed by atoms with Crippen molar-refractivity contribution in [2.24, 2.45) is 10.3 Å². The van der Waals surface area contributed by atoms with Crippen molar-refractivity contribution in [1.29, 1.82) is 0 Å². The zero-order chi connectivity index (χ0) is 11.0. The summed E-state index contributed by atoms with van der Waals surface area (Å²) in [7, 11) is 2.05. The van der Waals surface area contributed by atoms with Crippen LogP contribution in [0.25, 0.3) is 0 Å². The standard InChI is InChI=1S/C13H12N3/c1-16(11-7-3-2-4-8-11)13-10-6-5-9-12(13)14-15-16/h2-10H,1H3/q+1. The van der Waals surface area contributed by atoms with Crippen LogP contribution in [0.2, 0.25) is 0 Å². The van der Waals surface area contributed by atoms with Crippen LogP contribution in [0.5, 0.6) is 0 Å². The summed E-state index contributed by atoms with van der Waals surface area (Å²) in [5.74, 6) is 0. The van der Waals surface area contributed by atoms with Gasteiger partial charge in [-0.15, -0.1) is 4.59 Å². The molecule has 3 heteroatoms. The molecule has 0 fully saturated rings. The van der Waals surface area contributed by atoms with Gasteiger partial charge in [0, 0.05) is 23.4 Å². The highest BCUT2D eigenvalue weighted by Gasteiger charge is 2.36. The lowest BCUT2D eigenvalue weighted by Crippen LogP contribution is -2.30. The van der Waals surface area contributed by atoms with E-state index in [2.05, 4.69) is 28.5 Å². The van der Waals surface area contributed by atoms with Gasteiger partial charge in [0.2, 0.25) is 0 Å². The normalized spacial score (nSPS) is 22.1. The van der Waals surface area contributed by atoms with Gasteiger partial charge < -0.3 is 0 Å². The maximum Gasteiger partial charge on any atom is 0.193 e. The van der Waals surface area contributed by atoms with Gasteiger partial charge in [0.1, 0.15) is 7.05 Å². The molecule has 0 amide bonds. The highest BCUT2D eigenvalue weighted by atomic mass is 15.7. The maximum atomic E-state index is 4.37. The lowest BCUT2D eigenvalue weighted by Gasteiger charge is -2.21. The zero-order valence-corrected chi connectivity index (χ0v) is 9.04. The lowest BCUT2D eigenvalue weighted by atomic mass is 10.2. The molecule has 2 aromatic rings.